The molecule has 0 aliphatic heterocycles. The summed E-state index contributed by atoms with van der Waals surface area (Å²) in [5.74, 6) is -0.838. The van der Waals surface area contributed by atoms with Gasteiger partial charge in [-0.2, -0.15) is 0 Å². The second-order valence-corrected chi connectivity index (χ2v) is 24.5. The molecule has 0 aromatic carbocycles. The van der Waals surface area contributed by atoms with Crippen LogP contribution in [0.3, 0.4) is 0 Å². The second-order valence-electron chi connectivity index (χ2n) is 24.5. The lowest BCUT2D eigenvalue weighted by molar-refractivity contribution is -0.167. The van der Waals surface area contributed by atoms with Crippen LogP contribution in [0, 0.1) is 0 Å². The van der Waals surface area contributed by atoms with E-state index in [9.17, 15) is 14.4 Å². The van der Waals surface area contributed by atoms with E-state index in [0.29, 0.717) is 19.3 Å². The molecule has 0 aliphatic carbocycles. The van der Waals surface area contributed by atoms with Gasteiger partial charge >= 0.3 is 17.9 Å². The van der Waals surface area contributed by atoms with Gasteiger partial charge in [0.1, 0.15) is 13.2 Å². The van der Waals surface area contributed by atoms with Crippen LogP contribution in [0.25, 0.3) is 0 Å². The molecule has 0 N–H and O–H groups in total. The molecule has 0 radical (unpaired) electrons. The van der Waals surface area contributed by atoms with Gasteiger partial charge in [-0.3, -0.25) is 14.4 Å². The maximum Gasteiger partial charge on any atom is 0.306 e. The topological polar surface area (TPSA) is 78.9 Å². The molecule has 0 aromatic rings. The zero-order chi connectivity index (χ0) is 57.8. The number of allylic oxidation sites excluding steroid dienone is 6. The average Bonchev–Trinajstić information content (AvgIpc) is 3.46. The molecular weight excluding hydrogens is 985 g/mol. The Balaban J connectivity index is 4.29. The molecule has 80 heavy (non-hydrogen) atoms. The Morgan fingerprint density at radius 3 is 0.700 bits per heavy atom. The van der Waals surface area contributed by atoms with Crippen molar-refractivity contribution in [3.05, 3.63) is 36.5 Å². The van der Waals surface area contributed by atoms with Gasteiger partial charge in [0.05, 0.1) is 0 Å². The van der Waals surface area contributed by atoms with Crippen LogP contribution in [0.15, 0.2) is 36.5 Å². The van der Waals surface area contributed by atoms with Crippen LogP contribution in [0.2, 0.25) is 0 Å². The minimum Gasteiger partial charge on any atom is -0.462 e. The molecule has 0 bridgehead atoms. The second kappa shape index (κ2) is 69.1. The summed E-state index contributed by atoms with van der Waals surface area (Å²) in [6, 6.07) is 0. The molecule has 0 fully saturated rings. The molecule has 0 rings (SSSR count). The molecule has 6 nitrogen and oxygen atoms in total. The van der Waals surface area contributed by atoms with E-state index in [4.69, 9.17) is 14.2 Å². The number of ether oxygens (including phenoxy) is 3. The monoisotopic (exact) mass is 1120 g/mol. The predicted molar refractivity (Wildman–Crippen MR) is 349 cm³/mol. The van der Waals surface area contributed by atoms with Crippen molar-refractivity contribution in [1.29, 1.82) is 0 Å². The summed E-state index contributed by atoms with van der Waals surface area (Å²) in [5, 5.41) is 0. The fourth-order valence-corrected chi connectivity index (χ4v) is 11.0. The third kappa shape index (κ3) is 66.4. The van der Waals surface area contributed by atoms with Gasteiger partial charge in [-0.25, -0.2) is 0 Å². The van der Waals surface area contributed by atoms with Crippen LogP contribution in [0.5, 0.6) is 0 Å². The third-order valence-corrected chi connectivity index (χ3v) is 16.4. The summed E-state index contributed by atoms with van der Waals surface area (Å²) in [6.45, 7) is 6.71. The average molecular weight is 1120 g/mol. The molecule has 0 heterocycles. The van der Waals surface area contributed by atoms with Crippen molar-refractivity contribution in [1.82, 2.24) is 0 Å². The number of hydrogen-bond donors (Lipinski definition) is 0. The van der Waals surface area contributed by atoms with E-state index in [-0.39, 0.29) is 31.1 Å². The number of unbranched alkanes of at least 4 members (excludes halogenated alkanes) is 50. The van der Waals surface area contributed by atoms with Crippen molar-refractivity contribution in [2.45, 2.75) is 406 Å². The van der Waals surface area contributed by atoms with Crippen molar-refractivity contribution in [3.8, 4) is 0 Å². The molecule has 0 aliphatic rings. The maximum atomic E-state index is 13.0. The molecule has 0 aromatic heterocycles. The molecule has 0 saturated carbocycles. The van der Waals surface area contributed by atoms with Crippen molar-refractivity contribution in [2.24, 2.45) is 0 Å². The number of rotatable bonds is 67. The Morgan fingerprint density at radius 1 is 0.250 bits per heavy atom. The summed E-state index contributed by atoms with van der Waals surface area (Å²) in [7, 11) is 0. The standard InChI is InChI=1S/C74H138O6/c1-4-7-10-13-16-19-22-25-28-31-33-35-36-37-38-40-41-43-46-49-52-55-58-61-64-67-73(76)79-70-71(69-78-72(75)66-63-60-57-54-51-48-45-30-27-24-21-18-15-12-9-6-3)80-74(77)68-65-62-59-56-53-50-47-44-42-39-34-32-29-26-23-20-17-14-11-8-5-2/h22,25,31,33,36-37,71H,4-21,23-24,26-30,32,34-35,38-70H2,1-3H3/b25-22-,33-31-,37-36-. The lowest BCUT2D eigenvalue weighted by Crippen LogP contribution is -2.30. The summed E-state index contributed by atoms with van der Waals surface area (Å²) in [4.78, 5) is 38.5. The maximum absolute atomic E-state index is 13.0. The van der Waals surface area contributed by atoms with Crippen LogP contribution in [-0.4, -0.2) is 37.2 Å². The zero-order valence-corrected chi connectivity index (χ0v) is 54.1. The van der Waals surface area contributed by atoms with Gasteiger partial charge in [-0.1, -0.05) is 359 Å². The van der Waals surface area contributed by atoms with Crippen molar-refractivity contribution < 1.29 is 28.6 Å². The number of hydrogen-bond acceptors (Lipinski definition) is 6. The number of esters is 3. The van der Waals surface area contributed by atoms with Gasteiger partial charge in [0.15, 0.2) is 6.10 Å². The van der Waals surface area contributed by atoms with E-state index < -0.39 is 6.10 Å². The Bertz CT molecular complexity index is 1340. The van der Waals surface area contributed by atoms with E-state index in [0.717, 1.165) is 70.6 Å². The van der Waals surface area contributed by atoms with Gasteiger partial charge in [-0.05, 0) is 57.8 Å². The molecular formula is C74H138O6. The largest absolute Gasteiger partial charge is 0.462 e. The first-order chi connectivity index (χ1) is 39.5. The SMILES string of the molecule is CCCCCCC/C=C\C/C=C\C/C=C\CCCCCCCCCCCCC(=O)OCC(COC(=O)CCCCCCCCCCCCCCCCCC)OC(=O)CCCCCCCCCCCCCCCCCCCCCCC. The smallest absolute Gasteiger partial charge is 0.306 e. The van der Waals surface area contributed by atoms with Crippen LogP contribution >= 0.6 is 0 Å². The Kier molecular flexibility index (Phi) is 67.1. The molecule has 0 saturated heterocycles. The first-order valence-electron chi connectivity index (χ1n) is 36.0. The van der Waals surface area contributed by atoms with Crippen molar-refractivity contribution in [2.75, 3.05) is 13.2 Å². The highest BCUT2D eigenvalue weighted by molar-refractivity contribution is 5.71. The third-order valence-electron chi connectivity index (χ3n) is 16.4. The molecule has 6 heteroatoms. The summed E-state index contributed by atoms with van der Waals surface area (Å²) in [6.07, 6.45) is 86.0. The molecule has 0 spiro atoms. The van der Waals surface area contributed by atoms with Crippen LogP contribution in [-0.2, 0) is 28.6 Å². The lowest BCUT2D eigenvalue weighted by Gasteiger charge is -2.18. The number of carbonyl (C=O) groups excluding carboxylic acids is 3. The molecule has 470 valence electrons. The van der Waals surface area contributed by atoms with E-state index in [1.807, 2.05) is 0 Å². The van der Waals surface area contributed by atoms with E-state index >= 15 is 0 Å². The van der Waals surface area contributed by atoms with Gasteiger partial charge < -0.3 is 14.2 Å². The summed E-state index contributed by atoms with van der Waals surface area (Å²) in [5.41, 5.74) is 0. The van der Waals surface area contributed by atoms with Crippen LogP contribution in [0.1, 0.15) is 400 Å². The summed E-state index contributed by atoms with van der Waals surface area (Å²) >= 11 is 0. The zero-order valence-electron chi connectivity index (χ0n) is 54.1. The first-order valence-corrected chi connectivity index (χ1v) is 36.0. The Hall–Kier alpha value is -2.37. The number of carbonyl (C=O) groups is 3. The molecule has 1 atom stereocenters. The minimum absolute atomic E-state index is 0.0668. The highest BCUT2D eigenvalue weighted by Crippen LogP contribution is 2.19. The van der Waals surface area contributed by atoms with E-state index in [1.165, 1.54) is 289 Å². The van der Waals surface area contributed by atoms with Gasteiger partial charge in [0.25, 0.3) is 0 Å². The fourth-order valence-electron chi connectivity index (χ4n) is 11.0. The fraction of sp³-hybridized carbons (Fsp3) is 0.878. The van der Waals surface area contributed by atoms with Crippen LogP contribution < -0.4 is 0 Å². The first kappa shape index (κ1) is 77.6. The lowest BCUT2D eigenvalue weighted by atomic mass is 10.0. The quantitative estimate of drug-likeness (QED) is 0.0261. The summed E-state index contributed by atoms with van der Waals surface area (Å²) < 4.78 is 17.0. The molecule has 1 unspecified atom stereocenters. The normalized spacial score (nSPS) is 12.2. The molecule has 0 amide bonds. The Labute approximate surface area is 499 Å². The minimum atomic E-state index is -0.771. The van der Waals surface area contributed by atoms with Gasteiger partial charge in [0, 0.05) is 19.3 Å². The van der Waals surface area contributed by atoms with Gasteiger partial charge in [0.2, 0.25) is 0 Å². The van der Waals surface area contributed by atoms with E-state index in [1.54, 1.807) is 0 Å². The van der Waals surface area contributed by atoms with Gasteiger partial charge in [-0.15, -0.1) is 0 Å². The highest BCUT2D eigenvalue weighted by atomic mass is 16.6. The highest BCUT2D eigenvalue weighted by Gasteiger charge is 2.19. The predicted octanol–water partition coefficient (Wildman–Crippen LogP) is 24.7. The Morgan fingerprint density at radius 2 is 0.450 bits per heavy atom. The van der Waals surface area contributed by atoms with E-state index in [2.05, 4.69) is 57.2 Å². The van der Waals surface area contributed by atoms with Crippen molar-refractivity contribution in [3.63, 3.8) is 0 Å². The van der Waals surface area contributed by atoms with Crippen LogP contribution in [0.4, 0.5) is 0 Å². The van der Waals surface area contributed by atoms with Crippen molar-refractivity contribution >= 4 is 17.9 Å².